The normalized spacial score (nSPS) is 39.8. The van der Waals surface area contributed by atoms with Gasteiger partial charge in [0.1, 0.15) is 0 Å². The molecule has 1 aliphatic carbocycles. The Kier molecular flexibility index (Phi) is 2.40. The Labute approximate surface area is 71.0 Å². The largest absolute Gasteiger partial charge is 0.308 e. The molecule has 1 heterocycles. The molecule has 2 aliphatic rings. The van der Waals surface area contributed by atoms with Gasteiger partial charge in [0, 0.05) is 5.92 Å². The first-order valence-electron chi connectivity index (χ1n) is 3.84. The van der Waals surface area contributed by atoms with E-state index in [1.165, 1.54) is 0 Å². The molecule has 0 aromatic carbocycles. The van der Waals surface area contributed by atoms with Crippen molar-refractivity contribution in [3.05, 3.63) is 0 Å². The van der Waals surface area contributed by atoms with Crippen molar-refractivity contribution in [3.8, 4) is 0 Å². The monoisotopic (exact) mass is 183 g/mol. The van der Waals surface area contributed by atoms with Crippen LogP contribution in [0.2, 0.25) is 0 Å². The van der Waals surface area contributed by atoms with Gasteiger partial charge < -0.3 is 5.32 Å². The first-order chi connectivity index (χ1) is 4.73. The van der Waals surface area contributed by atoms with E-state index in [0.29, 0.717) is 6.42 Å². The fourth-order valence-electron chi connectivity index (χ4n) is 1.77. The van der Waals surface area contributed by atoms with Crippen LogP contribution in [-0.4, -0.2) is 18.5 Å². The molecule has 0 aromatic rings. The lowest BCUT2D eigenvalue weighted by atomic mass is 10.2. The summed E-state index contributed by atoms with van der Waals surface area (Å²) in [6.45, 7) is 0.775. The second kappa shape index (κ2) is 2.87. The molecule has 11 heavy (non-hydrogen) atoms. The minimum atomic E-state index is -2.37. The number of rotatable bonds is 0. The van der Waals surface area contributed by atoms with E-state index in [9.17, 15) is 8.78 Å². The van der Waals surface area contributed by atoms with Crippen molar-refractivity contribution < 1.29 is 8.78 Å². The quantitative estimate of drug-likeness (QED) is 0.604. The summed E-state index contributed by atoms with van der Waals surface area (Å²) in [6.07, 6.45) is 2.73. The third-order valence-corrected chi connectivity index (χ3v) is 2.51. The zero-order valence-corrected chi connectivity index (χ0v) is 6.96. The number of halogens is 3. The smallest absolute Gasteiger partial charge is 0.268 e. The van der Waals surface area contributed by atoms with Gasteiger partial charge in [0.15, 0.2) is 0 Å². The Hall–Kier alpha value is 0.110. The van der Waals surface area contributed by atoms with Gasteiger partial charge >= 0.3 is 0 Å². The Bertz CT molecular complexity index is 137. The summed E-state index contributed by atoms with van der Waals surface area (Å²) >= 11 is 0. The van der Waals surface area contributed by atoms with Crippen LogP contribution in [0.15, 0.2) is 0 Å². The maximum absolute atomic E-state index is 12.6. The summed E-state index contributed by atoms with van der Waals surface area (Å²) in [4.78, 5) is 0. The summed E-state index contributed by atoms with van der Waals surface area (Å²) in [6, 6.07) is -0.477. The minimum Gasteiger partial charge on any atom is -0.308 e. The molecular weight excluding hydrogens is 172 g/mol. The van der Waals surface area contributed by atoms with Crippen LogP contribution >= 0.6 is 12.4 Å². The van der Waals surface area contributed by atoms with E-state index in [0.717, 1.165) is 19.4 Å². The number of fused-ring (bicyclic) bond motifs is 1. The Morgan fingerprint density at radius 3 is 2.73 bits per heavy atom. The fourth-order valence-corrected chi connectivity index (χ4v) is 1.77. The number of nitrogens with one attached hydrogen (secondary N) is 1. The molecule has 2 rings (SSSR count). The topological polar surface area (TPSA) is 12.0 Å². The average molecular weight is 184 g/mol. The van der Waals surface area contributed by atoms with Gasteiger partial charge in [0.2, 0.25) is 0 Å². The van der Waals surface area contributed by atoms with Crippen LogP contribution in [0.4, 0.5) is 8.78 Å². The number of hydrogen-bond acceptors (Lipinski definition) is 1. The maximum Gasteiger partial charge on any atom is 0.268 e. The molecular formula is C7H12ClF2N. The molecule has 2 unspecified atom stereocenters. The van der Waals surface area contributed by atoms with Crippen LogP contribution in [0.3, 0.4) is 0 Å². The van der Waals surface area contributed by atoms with Gasteiger partial charge in [-0.1, -0.05) is 6.42 Å². The first-order valence-corrected chi connectivity index (χ1v) is 3.84. The van der Waals surface area contributed by atoms with Gasteiger partial charge in [-0.05, 0) is 19.4 Å². The van der Waals surface area contributed by atoms with E-state index in [-0.39, 0.29) is 18.3 Å². The second-order valence-corrected chi connectivity index (χ2v) is 3.21. The van der Waals surface area contributed by atoms with Crippen LogP contribution in [0.25, 0.3) is 0 Å². The molecule has 0 amide bonds. The van der Waals surface area contributed by atoms with Crippen molar-refractivity contribution in [3.63, 3.8) is 0 Å². The predicted octanol–water partition coefficient (Wildman–Crippen LogP) is 1.82. The molecule has 66 valence electrons. The molecule has 1 N–H and O–H groups in total. The van der Waals surface area contributed by atoms with Gasteiger partial charge in [-0.15, -0.1) is 12.4 Å². The van der Waals surface area contributed by atoms with Gasteiger partial charge in [0.25, 0.3) is 5.92 Å². The molecule has 1 saturated carbocycles. The molecule has 2 fully saturated rings. The average Bonchev–Trinajstić information content (AvgIpc) is 2.47. The summed E-state index contributed by atoms with van der Waals surface area (Å²) in [5.41, 5.74) is 0. The van der Waals surface area contributed by atoms with Crippen molar-refractivity contribution in [2.45, 2.75) is 31.2 Å². The lowest BCUT2D eigenvalue weighted by Crippen LogP contribution is -2.22. The Morgan fingerprint density at radius 2 is 2.00 bits per heavy atom. The van der Waals surface area contributed by atoms with Crippen molar-refractivity contribution in [1.29, 1.82) is 0 Å². The van der Waals surface area contributed by atoms with Crippen LogP contribution < -0.4 is 5.32 Å². The highest BCUT2D eigenvalue weighted by Crippen LogP contribution is 2.52. The van der Waals surface area contributed by atoms with E-state index in [4.69, 9.17) is 0 Å². The molecule has 0 radical (unpaired) electrons. The van der Waals surface area contributed by atoms with Crippen molar-refractivity contribution in [1.82, 2.24) is 5.32 Å². The van der Waals surface area contributed by atoms with Crippen molar-refractivity contribution in [2.75, 3.05) is 6.54 Å². The van der Waals surface area contributed by atoms with Crippen molar-refractivity contribution >= 4 is 12.4 Å². The second-order valence-electron chi connectivity index (χ2n) is 3.21. The summed E-state index contributed by atoms with van der Waals surface area (Å²) in [5.74, 6) is -2.71. The molecule has 1 nitrogen and oxygen atoms in total. The van der Waals surface area contributed by atoms with E-state index in [2.05, 4.69) is 5.32 Å². The van der Waals surface area contributed by atoms with Gasteiger partial charge in [-0.2, -0.15) is 0 Å². The van der Waals surface area contributed by atoms with Crippen LogP contribution in [0.1, 0.15) is 19.3 Å². The van der Waals surface area contributed by atoms with E-state index in [1.807, 2.05) is 0 Å². The Morgan fingerprint density at radius 1 is 1.27 bits per heavy atom. The molecule has 4 heteroatoms. The highest BCUT2D eigenvalue weighted by atomic mass is 35.5. The minimum absolute atomic E-state index is 0. The van der Waals surface area contributed by atoms with Crippen LogP contribution in [0, 0.1) is 5.92 Å². The zero-order chi connectivity index (χ0) is 7.19. The van der Waals surface area contributed by atoms with Crippen LogP contribution in [-0.2, 0) is 0 Å². The summed E-state index contributed by atoms with van der Waals surface area (Å²) in [7, 11) is 0. The highest BCUT2D eigenvalue weighted by Gasteiger charge is 2.67. The number of hydrogen-bond donors (Lipinski definition) is 1. The standard InChI is InChI=1S/C7H11F2N.ClH/c8-7(9)5-3-1-2-4-10-6(5)7;/h5-6,10H,1-4H2;1H. The van der Waals surface area contributed by atoms with Gasteiger partial charge in [-0.25, -0.2) is 8.78 Å². The lowest BCUT2D eigenvalue weighted by molar-refractivity contribution is 0.0854. The molecule has 0 aromatic heterocycles. The molecule has 1 saturated heterocycles. The third kappa shape index (κ3) is 1.36. The SMILES string of the molecule is Cl.FC1(F)C2CCCCNC21. The third-order valence-electron chi connectivity index (χ3n) is 2.51. The zero-order valence-electron chi connectivity index (χ0n) is 6.15. The Balaban J connectivity index is 0.000000605. The first kappa shape index (κ1) is 9.20. The molecule has 0 bridgehead atoms. The van der Waals surface area contributed by atoms with E-state index < -0.39 is 12.0 Å². The number of alkyl halides is 2. The predicted molar refractivity (Wildman–Crippen MR) is 41.3 cm³/mol. The van der Waals surface area contributed by atoms with Gasteiger partial charge in [-0.3, -0.25) is 0 Å². The lowest BCUT2D eigenvalue weighted by Gasteiger charge is -2.00. The summed E-state index contributed by atoms with van der Waals surface area (Å²) < 4.78 is 25.2. The highest BCUT2D eigenvalue weighted by molar-refractivity contribution is 5.85. The maximum atomic E-state index is 12.6. The van der Waals surface area contributed by atoms with E-state index in [1.54, 1.807) is 0 Å². The molecule has 1 aliphatic heterocycles. The van der Waals surface area contributed by atoms with Crippen molar-refractivity contribution in [2.24, 2.45) is 5.92 Å². The van der Waals surface area contributed by atoms with Gasteiger partial charge in [0.05, 0.1) is 6.04 Å². The molecule has 0 spiro atoms. The summed E-state index contributed by atoms with van der Waals surface area (Å²) in [5, 5.41) is 2.86. The van der Waals surface area contributed by atoms with Crippen LogP contribution in [0.5, 0.6) is 0 Å². The fraction of sp³-hybridized carbons (Fsp3) is 1.00. The van der Waals surface area contributed by atoms with E-state index >= 15 is 0 Å². The molecule has 2 atom stereocenters.